The highest BCUT2D eigenvalue weighted by molar-refractivity contribution is 7.91. The van der Waals surface area contributed by atoms with Crippen LogP contribution in [-0.2, 0) is 10.0 Å². The molecule has 0 aliphatic carbocycles. The molecule has 0 saturated carbocycles. The van der Waals surface area contributed by atoms with Gasteiger partial charge in [0.05, 0.1) is 11.3 Å². The van der Waals surface area contributed by atoms with E-state index in [2.05, 4.69) is 4.98 Å². The summed E-state index contributed by atoms with van der Waals surface area (Å²) in [4.78, 5) is 3.91. The predicted octanol–water partition coefficient (Wildman–Crippen LogP) is 0.179. The third-order valence-corrected chi connectivity index (χ3v) is 6.18. The first-order valence-corrected chi connectivity index (χ1v) is 7.43. The smallest absolute Gasteiger partial charge is 0.254 e. The molecule has 6 nitrogen and oxygen atoms in total. The second-order valence-corrected chi connectivity index (χ2v) is 7.67. The first-order chi connectivity index (χ1) is 7.72. The number of anilines is 1. The molecule has 3 N–H and O–H groups in total. The summed E-state index contributed by atoms with van der Waals surface area (Å²) in [5.41, 5.74) is 4.97. The van der Waals surface area contributed by atoms with Crippen LogP contribution in [0.25, 0.3) is 0 Å². The van der Waals surface area contributed by atoms with Crippen LogP contribution in [0.4, 0.5) is 5.13 Å². The number of thiazole rings is 1. The standard InChI is InChI=1S/C9H15N3O3S2/c1-6-7(16-8(10)11-6)17(14,15)12-4-3-9(2,13)5-12/h13H,3-5H2,1-2H3,(H2,10,11). The van der Waals surface area contributed by atoms with Crippen LogP contribution in [0.2, 0.25) is 0 Å². The molecule has 1 aliphatic heterocycles. The lowest BCUT2D eigenvalue weighted by molar-refractivity contribution is 0.0762. The predicted molar refractivity (Wildman–Crippen MR) is 65.3 cm³/mol. The lowest BCUT2D eigenvalue weighted by atomic mass is 10.1. The zero-order valence-electron chi connectivity index (χ0n) is 9.67. The number of sulfonamides is 1. The molecular weight excluding hydrogens is 262 g/mol. The van der Waals surface area contributed by atoms with E-state index in [1.807, 2.05) is 0 Å². The summed E-state index contributed by atoms with van der Waals surface area (Å²) >= 11 is 0.964. The molecule has 1 aliphatic rings. The molecule has 0 spiro atoms. The fourth-order valence-corrected chi connectivity index (χ4v) is 4.86. The fraction of sp³-hybridized carbons (Fsp3) is 0.667. The Morgan fingerprint density at radius 3 is 2.65 bits per heavy atom. The van der Waals surface area contributed by atoms with Gasteiger partial charge in [0.25, 0.3) is 10.0 Å². The van der Waals surface area contributed by atoms with Crippen molar-refractivity contribution in [2.45, 2.75) is 30.1 Å². The van der Waals surface area contributed by atoms with E-state index in [1.165, 1.54) is 4.31 Å². The molecule has 0 radical (unpaired) electrons. The molecule has 1 aromatic heterocycles. The average Bonchev–Trinajstić information content (AvgIpc) is 2.69. The largest absolute Gasteiger partial charge is 0.389 e. The van der Waals surface area contributed by atoms with Crippen molar-refractivity contribution in [2.75, 3.05) is 18.8 Å². The second-order valence-electron chi connectivity index (χ2n) is 4.51. The van der Waals surface area contributed by atoms with E-state index in [0.29, 0.717) is 18.7 Å². The molecule has 1 atom stereocenters. The van der Waals surface area contributed by atoms with E-state index in [4.69, 9.17) is 5.73 Å². The summed E-state index contributed by atoms with van der Waals surface area (Å²) in [6, 6.07) is 0. The molecule has 1 unspecified atom stereocenters. The van der Waals surface area contributed by atoms with Crippen molar-refractivity contribution in [3.05, 3.63) is 5.69 Å². The summed E-state index contributed by atoms with van der Waals surface area (Å²) in [6.45, 7) is 3.70. The molecule has 8 heteroatoms. The molecule has 1 saturated heterocycles. The molecule has 2 heterocycles. The maximum absolute atomic E-state index is 12.3. The van der Waals surface area contributed by atoms with Crippen LogP contribution in [-0.4, -0.2) is 41.5 Å². The average molecular weight is 277 g/mol. The molecule has 0 aromatic carbocycles. The molecular formula is C9H15N3O3S2. The number of aliphatic hydroxyl groups is 1. The third kappa shape index (κ3) is 2.30. The number of aryl methyl sites for hydroxylation is 1. The van der Waals surface area contributed by atoms with Gasteiger partial charge in [-0.3, -0.25) is 0 Å². The van der Waals surface area contributed by atoms with Crippen LogP contribution in [0.5, 0.6) is 0 Å². The summed E-state index contributed by atoms with van der Waals surface area (Å²) in [7, 11) is -3.57. The Morgan fingerprint density at radius 2 is 2.24 bits per heavy atom. The summed E-state index contributed by atoms with van der Waals surface area (Å²) in [5, 5.41) is 10.0. The number of hydrogen-bond donors (Lipinski definition) is 2. The van der Waals surface area contributed by atoms with E-state index >= 15 is 0 Å². The van der Waals surface area contributed by atoms with Crippen molar-refractivity contribution >= 4 is 26.5 Å². The number of nitrogen functional groups attached to an aromatic ring is 1. The van der Waals surface area contributed by atoms with Crippen LogP contribution in [0.15, 0.2) is 4.21 Å². The van der Waals surface area contributed by atoms with E-state index < -0.39 is 15.6 Å². The maximum Gasteiger partial charge on any atom is 0.254 e. The number of β-amino-alcohol motifs (C(OH)–C–C–N with tert-alkyl or cyclic N) is 1. The zero-order valence-corrected chi connectivity index (χ0v) is 11.3. The quantitative estimate of drug-likeness (QED) is 0.803. The highest BCUT2D eigenvalue weighted by atomic mass is 32.2. The Labute approximate surface area is 104 Å². The van der Waals surface area contributed by atoms with Gasteiger partial charge in [0.1, 0.15) is 0 Å². The third-order valence-electron chi connectivity index (χ3n) is 2.76. The maximum atomic E-state index is 12.3. The van der Waals surface area contributed by atoms with E-state index in [1.54, 1.807) is 13.8 Å². The van der Waals surface area contributed by atoms with Crippen molar-refractivity contribution in [1.29, 1.82) is 0 Å². The zero-order chi connectivity index (χ0) is 12.8. The second kappa shape index (κ2) is 3.91. The topological polar surface area (TPSA) is 96.5 Å². The first-order valence-electron chi connectivity index (χ1n) is 5.18. The highest BCUT2D eigenvalue weighted by Gasteiger charge is 2.39. The van der Waals surface area contributed by atoms with Crippen LogP contribution < -0.4 is 5.73 Å². The van der Waals surface area contributed by atoms with Crippen LogP contribution in [0.3, 0.4) is 0 Å². The molecule has 1 fully saturated rings. The van der Waals surface area contributed by atoms with E-state index in [0.717, 1.165) is 11.3 Å². The minimum atomic E-state index is -3.57. The van der Waals surface area contributed by atoms with Gasteiger partial charge in [-0.15, -0.1) is 0 Å². The van der Waals surface area contributed by atoms with Gasteiger partial charge >= 0.3 is 0 Å². The molecule has 2 rings (SSSR count). The minimum Gasteiger partial charge on any atom is -0.389 e. The number of nitrogens with two attached hydrogens (primary N) is 1. The van der Waals surface area contributed by atoms with Crippen LogP contribution in [0.1, 0.15) is 19.0 Å². The Balaban J connectivity index is 2.35. The summed E-state index contributed by atoms with van der Waals surface area (Å²) in [6.07, 6.45) is 0.444. The monoisotopic (exact) mass is 277 g/mol. The van der Waals surface area contributed by atoms with Gasteiger partial charge in [0.15, 0.2) is 9.34 Å². The fourth-order valence-electron chi connectivity index (χ4n) is 1.87. The summed E-state index contributed by atoms with van der Waals surface area (Å²) in [5.74, 6) is 0. The van der Waals surface area contributed by atoms with Crippen LogP contribution in [0, 0.1) is 6.92 Å². The number of hydrogen-bond acceptors (Lipinski definition) is 6. The van der Waals surface area contributed by atoms with Gasteiger partial charge in [0.2, 0.25) is 0 Å². The summed E-state index contributed by atoms with van der Waals surface area (Å²) < 4.78 is 26.0. The number of aromatic nitrogens is 1. The molecule has 96 valence electrons. The molecule has 0 bridgehead atoms. The van der Waals surface area contributed by atoms with Gasteiger partial charge in [-0.1, -0.05) is 11.3 Å². The van der Waals surface area contributed by atoms with Crippen molar-refractivity contribution in [1.82, 2.24) is 9.29 Å². The minimum absolute atomic E-state index is 0.118. The van der Waals surface area contributed by atoms with Crippen molar-refractivity contribution < 1.29 is 13.5 Å². The van der Waals surface area contributed by atoms with Crippen molar-refractivity contribution in [3.63, 3.8) is 0 Å². The van der Waals surface area contributed by atoms with Gasteiger partial charge in [-0.2, -0.15) is 4.31 Å². The lowest BCUT2D eigenvalue weighted by Gasteiger charge is -2.18. The van der Waals surface area contributed by atoms with Crippen LogP contribution >= 0.6 is 11.3 Å². The van der Waals surface area contributed by atoms with E-state index in [-0.39, 0.29) is 15.9 Å². The normalized spacial score (nSPS) is 26.5. The van der Waals surface area contributed by atoms with Gasteiger partial charge in [0, 0.05) is 13.1 Å². The Hall–Kier alpha value is -0.700. The Morgan fingerprint density at radius 1 is 1.59 bits per heavy atom. The lowest BCUT2D eigenvalue weighted by Crippen LogP contribution is -2.33. The number of rotatable bonds is 2. The van der Waals surface area contributed by atoms with Crippen molar-refractivity contribution in [3.8, 4) is 0 Å². The highest BCUT2D eigenvalue weighted by Crippen LogP contribution is 2.32. The van der Waals surface area contributed by atoms with Gasteiger partial charge in [-0.05, 0) is 20.3 Å². The first kappa shape index (κ1) is 12.7. The molecule has 0 amide bonds. The molecule has 17 heavy (non-hydrogen) atoms. The van der Waals surface area contributed by atoms with Gasteiger partial charge in [-0.25, -0.2) is 13.4 Å². The Kier molecular flexibility index (Phi) is 2.93. The molecule has 1 aromatic rings. The Bertz CT molecular complexity index is 536. The number of nitrogens with zero attached hydrogens (tertiary/aromatic N) is 2. The SMILES string of the molecule is Cc1nc(N)sc1S(=O)(=O)N1CCC(C)(O)C1. The van der Waals surface area contributed by atoms with E-state index in [9.17, 15) is 13.5 Å². The van der Waals surface area contributed by atoms with Crippen molar-refractivity contribution in [2.24, 2.45) is 0 Å². The van der Waals surface area contributed by atoms with Gasteiger partial charge < -0.3 is 10.8 Å².